The number of morpholine rings is 1. The Morgan fingerprint density at radius 2 is 1.31 bits per heavy atom. The van der Waals surface area contributed by atoms with Gasteiger partial charge in [-0.25, -0.2) is 4.39 Å². The van der Waals surface area contributed by atoms with Gasteiger partial charge in [0.05, 0.1) is 6.04 Å². The summed E-state index contributed by atoms with van der Waals surface area (Å²) >= 11 is 12.3. The summed E-state index contributed by atoms with van der Waals surface area (Å²) in [6.45, 7) is 0. The Kier molecular flexibility index (Phi) is 6.87. The number of halogens is 3. The summed E-state index contributed by atoms with van der Waals surface area (Å²) in [5.74, 6) is -0.483. The quantitative estimate of drug-likeness (QED) is 0.279. The molecule has 0 saturated carbocycles. The van der Waals surface area contributed by atoms with E-state index in [0.717, 1.165) is 22.4 Å². The molecule has 0 radical (unpaired) electrons. The normalized spacial score (nSPS) is 20.1. The van der Waals surface area contributed by atoms with E-state index < -0.39 is 18.2 Å². The Hall–Kier alpha value is -3.18. The van der Waals surface area contributed by atoms with Crippen molar-refractivity contribution in [1.82, 2.24) is 0 Å². The number of ether oxygens (including phenoxy) is 1. The van der Waals surface area contributed by atoms with Gasteiger partial charge in [0.1, 0.15) is 18.0 Å². The van der Waals surface area contributed by atoms with Crippen LogP contribution in [0.4, 0.5) is 10.1 Å². The van der Waals surface area contributed by atoms with Crippen LogP contribution in [0.1, 0.15) is 28.8 Å². The van der Waals surface area contributed by atoms with Crippen LogP contribution in [0.5, 0.6) is 0 Å². The van der Waals surface area contributed by atoms with Crippen LogP contribution >= 0.6 is 23.2 Å². The third-order valence-corrected chi connectivity index (χ3v) is 6.67. The third-order valence-electron chi connectivity index (χ3n) is 6.17. The highest BCUT2D eigenvalue weighted by Gasteiger charge is 2.44. The molecule has 1 aliphatic rings. The van der Waals surface area contributed by atoms with Gasteiger partial charge in [-0.05, 0) is 65.2 Å². The van der Waals surface area contributed by atoms with Crippen LogP contribution in [0, 0.1) is 5.82 Å². The zero-order valence-electron chi connectivity index (χ0n) is 18.7. The van der Waals surface area contributed by atoms with Gasteiger partial charge >= 0.3 is 0 Å². The molecule has 35 heavy (non-hydrogen) atoms. The van der Waals surface area contributed by atoms with E-state index in [0.29, 0.717) is 16.5 Å². The molecule has 0 aromatic heterocycles. The lowest BCUT2D eigenvalue weighted by Gasteiger charge is -2.45. The van der Waals surface area contributed by atoms with E-state index in [-0.39, 0.29) is 11.7 Å². The summed E-state index contributed by atoms with van der Waals surface area (Å²) < 4.78 is 20.0. The molecular weight excluding hydrogens is 484 g/mol. The molecule has 1 aliphatic heterocycles. The molecule has 1 fully saturated rings. The molecule has 3 atom stereocenters. The number of hydrogen-bond acceptors (Lipinski definition) is 2. The molecule has 1 heterocycles. The predicted molar refractivity (Wildman–Crippen MR) is 137 cm³/mol. The minimum atomic E-state index is -0.759. The Morgan fingerprint density at radius 1 is 0.743 bits per heavy atom. The van der Waals surface area contributed by atoms with Gasteiger partial charge in [0.25, 0.3) is 5.91 Å². The minimum Gasteiger partial charge on any atom is -0.358 e. The summed E-state index contributed by atoms with van der Waals surface area (Å²) in [6, 6.07) is 30.2. The lowest BCUT2D eigenvalue weighted by atomic mass is 9.90. The van der Waals surface area contributed by atoms with Crippen molar-refractivity contribution in [2.24, 2.45) is 0 Å². The molecule has 6 heteroatoms. The third kappa shape index (κ3) is 5.10. The highest BCUT2D eigenvalue weighted by Crippen LogP contribution is 2.45. The highest BCUT2D eigenvalue weighted by molar-refractivity contribution is 6.30. The van der Waals surface area contributed by atoms with Gasteiger partial charge in [-0.1, -0.05) is 77.8 Å². The van der Waals surface area contributed by atoms with Crippen LogP contribution in [0.25, 0.3) is 0 Å². The van der Waals surface area contributed by atoms with E-state index in [9.17, 15) is 9.18 Å². The molecule has 0 N–H and O–H groups in total. The van der Waals surface area contributed by atoms with Gasteiger partial charge in [-0.2, -0.15) is 0 Å². The molecule has 0 aliphatic carbocycles. The fourth-order valence-electron chi connectivity index (χ4n) is 4.48. The SMILES string of the molecule is O=C1[C@@H](Cc2ccc(F)cc2)O[C@H](c2ccc(Cl)cc2)[C@H](c2ccc(Cl)cc2)N1c1ccccc1. The first-order valence-electron chi connectivity index (χ1n) is 11.3. The van der Waals surface area contributed by atoms with Crippen molar-refractivity contribution in [2.45, 2.75) is 24.7 Å². The number of rotatable bonds is 5. The van der Waals surface area contributed by atoms with Crippen LogP contribution < -0.4 is 4.90 Å². The van der Waals surface area contributed by atoms with Gasteiger partial charge in [-0.15, -0.1) is 0 Å². The topological polar surface area (TPSA) is 29.5 Å². The van der Waals surface area contributed by atoms with Crippen LogP contribution in [-0.2, 0) is 16.0 Å². The molecule has 1 saturated heterocycles. The number of carbonyl (C=O) groups excluding carboxylic acids is 1. The van der Waals surface area contributed by atoms with Gasteiger partial charge in [0, 0.05) is 22.2 Å². The molecule has 5 rings (SSSR count). The monoisotopic (exact) mass is 505 g/mol. The van der Waals surface area contributed by atoms with Crippen molar-refractivity contribution < 1.29 is 13.9 Å². The molecular formula is C29H22Cl2FNO2. The smallest absolute Gasteiger partial charge is 0.257 e. The maximum atomic E-state index is 14.0. The number of hydrogen-bond donors (Lipinski definition) is 0. The Bertz CT molecular complexity index is 1300. The molecule has 4 aromatic rings. The summed E-state index contributed by atoms with van der Waals surface area (Å²) in [5, 5.41) is 1.23. The second kappa shape index (κ2) is 10.2. The average molecular weight is 506 g/mol. The molecule has 0 spiro atoms. The summed E-state index contributed by atoms with van der Waals surface area (Å²) in [4.78, 5) is 15.8. The van der Waals surface area contributed by atoms with Gasteiger partial charge in [0.15, 0.2) is 0 Å². The Morgan fingerprint density at radius 3 is 1.91 bits per heavy atom. The van der Waals surface area contributed by atoms with Gasteiger partial charge in [-0.3, -0.25) is 9.69 Å². The average Bonchev–Trinajstić information content (AvgIpc) is 2.88. The van der Waals surface area contributed by atoms with Crippen molar-refractivity contribution in [3.63, 3.8) is 0 Å². The molecule has 0 bridgehead atoms. The van der Waals surface area contributed by atoms with E-state index in [1.165, 1.54) is 12.1 Å². The maximum absolute atomic E-state index is 14.0. The van der Waals surface area contributed by atoms with Crippen molar-refractivity contribution in [1.29, 1.82) is 0 Å². The fraction of sp³-hybridized carbons (Fsp3) is 0.138. The molecule has 0 unspecified atom stereocenters. The van der Waals surface area contributed by atoms with Crippen LogP contribution in [0.2, 0.25) is 10.0 Å². The number of para-hydroxylation sites is 1. The molecule has 176 valence electrons. The highest BCUT2D eigenvalue weighted by atomic mass is 35.5. The van der Waals surface area contributed by atoms with E-state index in [2.05, 4.69) is 0 Å². The van der Waals surface area contributed by atoms with Crippen molar-refractivity contribution in [3.8, 4) is 0 Å². The first kappa shape index (κ1) is 23.6. The predicted octanol–water partition coefficient (Wildman–Crippen LogP) is 7.59. The van der Waals surface area contributed by atoms with Crippen molar-refractivity contribution >= 4 is 34.8 Å². The van der Waals surface area contributed by atoms with E-state index in [1.807, 2.05) is 78.9 Å². The fourth-order valence-corrected chi connectivity index (χ4v) is 4.73. The van der Waals surface area contributed by atoms with E-state index in [1.54, 1.807) is 17.0 Å². The lowest BCUT2D eigenvalue weighted by Crippen LogP contribution is -2.51. The largest absolute Gasteiger partial charge is 0.358 e. The van der Waals surface area contributed by atoms with E-state index >= 15 is 0 Å². The lowest BCUT2D eigenvalue weighted by molar-refractivity contribution is -0.144. The van der Waals surface area contributed by atoms with Crippen LogP contribution in [-0.4, -0.2) is 12.0 Å². The summed E-state index contributed by atoms with van der Waals surface area (Å²) in [6.07, 6.45) is -0.915. The maximum Gasteiger partial charge on any atom is 0.257 e. The molecule has 3 nitrogen and oxygen atoms in total. The number of benzene rings is 4. The van der Waals surface area contributed by atoms with Crippen molar-refractivity contribution in [2.75, 3.05) is 4.90 Å². The molecule has 4 aromatic carbocycles. The number of nitrogens with zero attached hydrogens (tertiary/aromatic N) is 1. The van der Waals surface area contributed by atoms with Crippen molar-refractivity contribution in [3.05, 3.63) is 136 Å². The standard InChI is InChI=1S/C29H22Cl2FNO2/c30-22-12-8-20(9-13-22)27-28(21-10-14-23(31)15-11-21)35-26(18-19-6-16-24(32)17-7-19)29(34)33(27)25-4-2-1-3-5-25/h1-17,26-28H,18H2/t26-,27+,28-/m1/s1. The molecule has 1 amide bonds. The first-order valence-corrected chi connectivity index (χ1v) is 12.0. The zero-order valence-corrected chi connectivity index (χ0v) is 20.2. The van der Waals surface area contributed by atoms with Gasteiger partial charge < -0.3 is 4.74 Å². The number of carbonyl (C=O) groups is 1. The second-order valence-corrected chi connectivity index (χ2v) is 9.34. The summed E-state index contributed by atoms with van der Waals surface area (Å²) in [5.41, 5.74) is 3.38. The zero-order chi connectivity index (χ0) is 24.4. The number of anilines is 1. The Balaban J connectivity index is 1.63. The van der Waals surface area contributed by atoms with Crippen LogP contribution in [0.3, 0.4) is 0 Å². The number of amides is 1. The minimum absolute atomic E-state index is 0.161. The van der Waals surface area contributed by atoms with Crippen LogP contribution in [0.15, 0.2) is 103 Å². The Labute approximate surface area is 213 Å². The summed E-state index contributed by atoms with van der Waals surface area (Å²) in [7, 11) is 0. The van der Waals surface area contributed by atoms with Gasteiger partial charge in [0.2, 0.25) is 0 Å². The first-order chi connectivity index (χ1) is 17.0. The second-order valence-electron chi connectivity index (χ2n) is 8.47. The van der Waals surface area contributed by atoms with E-state index in [4.69, 9.17) is 27.9 Å².